The molecule has 1 N–H and O–H groups in total. The smallest absolute Gasteiger partial charge is 0.217 e. The molecule has 1 unspecified atom stereocenters. The van der Waals surface area contributed by atoms with E-state index in [0.717, 1.165) is 23.4 Å². The van der Waals surface area contributed by atoms with E-state index in [0.29, 0.717) is 11.6 Å². The van der Waals surface area contributed by atoms with Gasteiger partial charge in [-0.15, -0.1) is 16.4 Å². The van der Waals surface area contributed by atoms with Crippen molar-refractivity contribution in [2.24, 2.45) is 0 Å². The Balaban J connectivity index is 1.68. The van der Waals surface area contributed by atoms with Crippen LogP contribution in [0.3, 0.4) is 0 Å². The first-order valence-corrected chi connectivity index (χ1v) is 9.18. The molecule has 0 amide bonds. The number of fused-ring (bicyclic) bond motifs is 5. The molecule has 7 heteroatoms. The number of nitrogens with zero attached hydrogens (tertiary/aromatic N) is 4. The molecule has 0 spiro atoms. The molecule has 0 aromatic carbocycles. The highest BCUT2D eigenvalue weighted by Crippen LogP contribution is 2.33. The minimum Gasteiger partial charge on any atom is -0.461 e. The average Bonchev–Trinajstić information content (AvgIpc) is 3.31. The Morgan fingerprint density at radius 1 is 1.42 bits per heavy atom. The number of hydrogen-bond acceptors (Lipinski definition) is 5. The van der Waals surface area contributed by atoms with Gasteiger partial charge in [-0.2, -0.15) is 0 Å². The van der Waals surface area contributed by atoms with Crippen LogP contribution in [0.5, 0.6) is 0 Å². The highest BCUT2D eigenvalue weighted by Gasteiger charge is 2.26. The molecule has 0 aliphatic carbocycles. The first-order valence-electron chi connectivity index (χ1n) is 8.36. The van der Waals surface area contributed by atoms with Crippen LogP contribution in [0.4, 0.5) is 0 Å². The standard InChI is InChI=1S/C17H17N5OS/c1-2-6-21-7-5-11-13(9-21)24-17-14(11)16-19-15(12-4-3-8-23-12)20-22(16)10-18-17/h3-4,8,10H,2,5-7,9H2,1H3/p+1. The lowest BCUT2D eigenvalue weighted by Gasteiger charge is -2.23. The van der Waals surface area contributed by atoms with E-state index in [-0.39, 0.29) is 0 Å². The van der Waals surface area contributed by atoms with Crippen molar-refractivity contribution in [3.05, 3.63) is 35.2 Å². The van der Waals surface area contributed by atoms with Crippen molar-refractivity contribution in [2.45, 2.75) is 26.3 Å². The van der Waals surface area contributed by atoms with Gasteiger partial charge in [-0.3, -0.25) is 0 Å². The lowest BCUT2D eigenvalue weighted by atomic mass is 10.1. The topological polar surface area (TPSA) is 60.7 Å². The molecular formula is C17H18N5OS+. The third-order valence-corrected chi connectivity index (χ3v) is 5.84. The van der Waals surface area contributed by atoms with Crippen molar-refractivity contribution in [1.82, 2.24) is 19.6 Å². The largest absolute Gasteiger partial charge is 0.461 e. The molecular weight excluding hydrogens is 322 g/mol. The van der Waals surface area contributed by atoms with Crippen LogP contribution in [-0.2, 0) is 13.0 Å². The van der Waals surface area contributed by atoms with Crippen LogP contribution in [0, 0.1) is 0 Å². The van der Waals surface area contributed by atoms with Gasteiger partial charge < -0.3 is 9.32 Å². The average molecular weight is 340 g/mol. The number of aromatic nitrogens is 4. The van der Waals surface area contributed by atoms with Gasteiger partial charge in [0.25, 0.3) is 0 Å². The van der Waals surface area contributed by atoms with Gasteiger partial charge in [0.15, 0.2) is 11.4 Å². The predicted molar refractivity (Wildman–Crippen MR) is 92.3 cm³/mol. The maximum atomic E-state index is 5.44. The molecule has 4 aromatic rings. The van der Waals surface area contributed by atoms with Crippen molar-refractivity contribution >= 4 is 27.2 Å². The first kappa shape index (κ1) is 14.1. The second kappa shape index (κ2) is 5.39. The first-order chi connectivity index (χ1) is 11.8. The van der Waals surface area contributed by atoms with Crippen molar-refractivity contribution in [3.63, 3.8) is 0 Å². The third-order valence-electron chi connectivity index (χ3n) is 4.70. The van der Waals surface area contributed by atoms with Gasteiger partial charge in [-0.05, 0) is 24.1 Å². The molecule has 0 saturated heterocycles. The molecule has 122 valence electrons. The van der Waals surface area contributed by atoms with E-state index in [1.807, 2.05) is 23.5 Å². The summed E-state index contributed by atoms with van der Waals surface area (Å²) < 4.78 is 7.21. The Bertz CT molecular complexity index is 1020. The van der Waals surface area contributed by atoms with Crippen LogP contribution in [0.2, 0.25) is 0 Å². The summed E-state index contributed by atoms with van der Waals surface area (Å²) in [5.41, 5.74) is 2.31. The fourth-order valence-corrected chi connectivity index (χ4v) is 4.86. The minimum absolute atomic E-state index is 0.614. The zero-order valence-electron chi connectivity index (χ0n) is 13.5. The SMILES string of the molecule is CCC[NH+]1CCc2c(sc3ncn4nc(-c5ccco5)nc4c23)C1. The van der Waals surface area contributed by atoms with E-state index in [2.05, 4.69) is 17.0 Å². The van der Waals surface area contributed by atoms with Crippen LogP contribution >= 0.6 is 11.3 Å². The van der Waals surface area contributed by atoms with Crippen LogP contribution in [-0.4, -0.2) is 32.7 Å². The van der Waals surface area contributed by atoms with Gasteiger partial charge in [0.2, 0.25) is 5.82 Å². The number of nitrogens with one attached hydrogen (secondary N) is 1. The molecule has 5 rings (SSSR count). The number of furan rings is 1. The van der Waals surface area contributed by atoms with Gasteiger partial charge in [0.1, 0.15) is 17.7 Å². The fraction of sp³-hybridized carbons (Fsp3) is 0.353. The molecule has 0 bridgehead atoms. The highest BCUT2D eigenvalue weighted by atomic mass is 32.1. The zero-order chi connectivity index (χ0) is 16.1. The molecule has 0 radical (unpaired) electrons. The highest BCUT2D eigenvalue weighted by molar-refractivity contribution is 7.19. The minimum atomic E-state index is 0.614. The Hall–Kier alpha value is -2.25. The zero-order valence-corrected chi connectivity index (χ0v) is 14.3. The van der Waals surface area contributed by atoms with Crippen LogP contribution < -0.4 is 4.90 Å². The monoisotopic (exact) mass is 340 g/mol. The van der Waals surface area contributed by atoms with E-state index in [9.17, 15) is 0 Å². The summed E-state index contributed by atoms with van der Waals surface area (Å²) in [7, 11) is 0. The van der Waals surface area contributed by atoms with Crippen LogP contribution in [0.25, 0.3) is 27.4 Å². The van der Waals surface area contributed by atoms with Gasteiger partial charge in [0.05, 0.1) is 29.6 Å². The normalized spacial score (nSPS) is 17.6. The lowest BCUT2D eigenvalue weighted by molar-refractivity contribution is -0.915. The second-order valence-electron chi connectivity index (χ2n) is 6.29. The Morgan fingerprint density at radius 2 is 2.38 bits per heavy atom. The van der Waals surface area contributed by atoms with E-state index < -0.39 is 0 Å². The molecule has 0 saturated carbocycles. The summed E-state index contributed by atoms with van der Waals surface area (Å²) in [5, 5.41) is 5.71. The summed E-state index contributed by atoms with van der Waals surface area (Å²) in [4.78, 5) is 13.6. The molecule has 6 nitrogen and oxygen atoms in total. The molecule has 1 aliphatic rings. The van der Waals surface area contributed by atoms with Gasteiger partial charge in [-0.1, -0.05) is 6.92 Å². The molecule has 4 aromatic heterocycles. The van der Waals surface area contributed by atoms with E-state index in [1.165, 1.54) is 35.3 Å². The summed E-state index contributed by atoms with van der Waals surface area (Å²) in [6.07, 6.45) is 5.73. The summed E-state index contributed by atoms with van der Waals surface area (Å²) >= 11 is 1.81. The molecule has 24 heavy (non-hydrogen) atoms. The van der Waals surface area contributed by atoms with Crippen molar-refractivity contribution in [1.29, 1.82) is 0 Å². The number of thiophene rings is 1. The Kier molecular flexibility index (Phi) is 3.17. The maximum absolute atomic E-state index is 5.44. The van der Waals surface area contributed by atoms with Gasteiger partial charge in [0, 0.05) is 6.42 Å². The third kappa shape index (κ3) is 2.08. The van der Waals surface area contributed by atoms with Gasteiger partial charge >= 0.3 is 0 Å². The van der Waals surface area contributed by atoms with E-state index in [4.69, 9.17) is 9.40 Å². The summed E-state index contributed by atoms with van der Waals surface area (Å²) in [6.45, 7) is 5.79. The van der Waals surface area contributed by atoms with Crippen molar-refractivity contribution in [3.8, 4) is 11.6 Å². The molecule has 1 aliphatic heterocycles. The van der Waals surface area contributed by atoms with E-state index in [1.54, 1.807) is 22.0 Å². The molecule has 5 heterocycles. The van der Waals surface area contributed by atoms with Crippen LogP contribution in [0.1, 0.15) is 23.8 Å². The van der Waals surface area contributed by atoms with Crippen molar-refractivity contribution in [2.75, 3.05) is 13.1 Å². The second-order valence-corrected chi connectivity index (χ2v) is 7.37. The fourth-order valence-electron chi connectivity index (χ4n) is 3.60. The Morgan fingerprint density at radius 3 is 3.21 bits per heavy atom. The van der Waals surface area contributed by atoms with Crippen LogP contribution in [0.15, 0.2) is 29.1 Å². The molecule has 1 atom stereocenters. The molecule has 0 fully saturated rings. The quantitative estimate of drug-likeness (QED) is 0.619. The Labute approximate surface area is 142 Å². The van der Waals surface area contributed by atoms with Crippen molar-refractivity contribution < 1.29 is 9.32 Å². The van der Waals surface area contributed by atoms with E-state index >= 15 is 0 Å². The number of rotatable bonds is 3. The number of hydrogen-bond donors (Lipinski definition) is 1. The van der Waals surface area contributed by atoms with Gasteiger partial charge in [-0.25, -0.2) is 14.5 Å². The maximum Gasteiger partial charge on any atom is 0.217 e. The predicted octanol–water partition coefficient (Wildman–Crippen LogP) is 1.95. The summed E-state index contributed by atoms with van der Waals surface area (Å²) in [6, 6.07) is 3.74. The lowest BCUT2D eigenvalue weighted by Crippen LogP contribution is -3.11. The summed E-state index contributed by atoms with van der Waals surface area (Å²) in [5.74, 6) is 1.30. The number of quaternary nitrogens is 1.